The van der Waals surface area contributed by atoms with E-state index in [1.54, 1.807) is 0 Å². The Hall–Kier alpha value is -0.740. The van der Waals surface area contributed by atoms with Crippen molar-refractivity contribution in [3.63, 3.8) is 0 Å². The molecule has 0 spiro atoms. The van der Waals surface area contributed by atoms with Gasteiger partial charge in [0.05, 0.1) is 9.82 Å². The lowest BCUT2D eigenvalue weighted by molar-refractivity contribution is -0.384. The van der Waals surface area contributed by atoms with Crippen LogP contribution in [0.15, 0.2) is 29.2 Å². The molecule has 8 heteroatoms. The molecule has 0 heterocycles. The standard InChI is InChI=1S/C6H5NO5S.HI/c8-7(9)5-1-3-6(4-2-5)13(10,11)12;/h1-4H,(H,10,11,12);1H. The summed E-state index contributed by atoms with van der Waals surface area (Å²) in [6.07, 6.45) is 0. The van der Waals surface area contributed by atoms with E-state index in [2.05, 4.69) is 0 Å². The van der Waals surface area contributed by atoms with Crippen LogP contribution in [0.25, 0.3) is 0 Å². The molecule has 1 aromatic rings. The molecule has 0 saturated heterocycles. The zero-order valence-corrected chi connectivity index (χ0v) is 9.80. The molecular formula is C6H6INO5S. The molecule has 0 bridgehead atoms. The summed E-state index contributed by atoms with van der Waals surface area (Å²) < 4.78 is 29.5. The molecule has 1 aromatic carbocycles. The summed E-state index contributed by atoms with van der Waals surface area (Å²) in [5.74, 6) is 0. The number of nitro groups is 1. The molecule has 0 aromatic heterocycles. The molecule has 78 valence electrons. The van der Waals surface area contributed by atoms with Crippen molar-refractivity contribution in [2.75, 3.05) is 0 Å². The quantitative estimate of drug-likeness (QED) is 0.383. The van der Waals surface area contributed by atoms with Gasteiger partial charge in [-0.15, -0.1) is 24.0 Å². The summed E-state index contributed by atoms with van der Waals surface area (Å²) in [5, 5.41) is 10.2. The van der Waals surface area contributed by atoms with E-state index < -0.39 is 15.0 Å². The van der Waals surface area contributed by atoms with Crippen LogP contribution in [0.5, 0.6) is 0 Å². The van der Waals surface area contributed by atoms with Crippen LogP contribution in [0.4, 0.5) is 5.69 Å². The first-order valence-electron chi connectivity index (χ1n) is 3.13. The summed E-state index contributed by atoms with van der Waals surface area (Å²) in [6, 6.07) is 3.94. The van der Waals surface area contributed by atoms with Crippen molar-refractivity contribution in [3.05, 3.63) is 34.4 Å². The summed E-state index contributed by atoms with van der Waals surface area (Å²) in [4.78, 5) is 9.13. The van der Waals surface area contributed by atoms with Crippen LogP contribution in [-0.2, 0) is 10.1 Å². The summed E-state index contributed by atoms with van der Waals surface area (Å²) in [7, 11) is -4.27. The van der Waals surface area contributed by atoms with Gasteiger partial charge in [0, 0.05) is 12.1 Å². The second kappa shape index (κ2) is 4.66. The van der Waals surface area contributed by atoms with Crippen molar-refractivity contribution in [2.24, 2.45) is 0 Å². The van der Waals surface area contributed by atoms with Crippen molar-refractivity contribution in [1.29, 1.82) is 0 Å². The van der Waals surface area contributed by atoms with Crippen LogP contribution < -0.4 is 0 Å². The minimum Gasteiger partial charge on any atom is -0.282 e. The van der Waals surface area contributed by atoms with Gasteiger partial charge in [-0.2, -0.15) is 8.42 Å². The fourth-order valence-electron chi connectivity index (χ4n) is 0.740. The number of rotatable bonds is 2. The Bertz CT molecular complexity index is 426. The van der Waals surface area contributed by atoms with E-state index in [-0.39, 0.29) is 34.6 Å². The van der Waals surface area contributed by atoms with Gasteiger partial charge in [0.1, 0.15) is 0 Å². The molecule has 14 heavy (non-hydrogen) atoms. The number of hydrogen-bond donors (Lipinski definition) is 1. The Kier molecular flexibility index (Phi) is 4.42. The van der Waals surface area contributed by atoms with E-state index in [1.165, 1.54) is 0 Å². The Labute approximate surface area is 96.9 Å². The zero-order valence-electron chi connectivity index (χ0n) is 6.65. The highest BCUT2D eigenvalue weighted by molar-refractivity contribution is 14.0. The molecule has 1 N–H and O–H groups in total. The highest BCUT2D eigenvalue weighted by atomic mass is 127. The van der Waals surface area contributed by atoms with Gasteiger partial charge < -0.3 is 0 Å². The average molecular weight is 331 g/mol. The van der Waals surface area contributed by atoms with E-state index in [9.17, 15) is 18.5 Å². The normalized spacial score (nSPS) is 10.4. The minimum atomic E-state index is -4.27. The Balaban J connectivity index is 0.00000169. The number of hydrogen-bond acceptors (Lipinski definition) is 4. The van der Waals surface area contributed by atoms with Crippen molar-refractivity contribution in [2.45, 2.75) is 4.90 Å². The fourth-order valence-corrected chi connectivity index (χ4v) is 1.22. The maximum Gasteiger partial charge on any atom is 0.294 e. The van der Waals surface area contributed by atoms with E-state index in [0.29, 0.717) is 0 Å². The minimum absolute atomic E-state index is 0. The van der Waals surface area contributed by atoms with Crippen LogP contribution in [0.3, 0.4) is 0 Å². The molecule has 0 fully saturated rings. The van der Waals surface area contributed by atoms with E-state index >= 15 is 0 Å². The van der Waals surface area contributed by atoms with Crippen molar-refractivity contribution in [1.82, 2.24) is 0 Å². The molecule has 0 saturated carbocycles. The second-order valence-electron chi connectivity index (χ2n) is 2.23. The molecule has 0 aliphatic carbocycles. The van der Waals surface area contributed by atoms with Gasteiger partial charge in [-0.25, -0.2) is 0 Å². The molecule has 0 aliphatic rings. The van der Waals surface area contributed by atoms with Gasteiger partial charge in [0.2, 0.25) is 0 Å². The van der Waals surface area contributed by atoms with E-state index in [0.717, 1.165) is 24.3 Å². The van der Waals surface area contributed by atoms with Crippen LogP contribution in [0.2, 0.25) is 0 Å². The molecule has 6 nitrogen and oxygen atoms in total. The molecule has 0 aliphatic heterocycles. The van der Waals surface area contributed by atoms with Crippen molar-refractivity contribution < 1.29 is 17.9 Å². The van der Waals surface area contributed by atoms with Gasteiger partial charge in [-0.3, -0.25) is 14.7 Å². The molecule has 0 amide bonds. The van der Waals surface area contributed by atoms with Gasteiger partial charge in [-0.1, -0.05) is 0 Å². The monoisotopic (exact) mass is 331 g/mol. The predicted molar refractivity (Wildman–Crippen MR) is 58.3 cm³/mol. The zero-order chi connectivity index (χ0) is 10.1. The maximum atomic E-state index is 10.5. The van der Waals surface area contributed by atoms with Crippen molar-refractivity contribution >= 4 is 39.8 Å². The molecule has 0 radical (unpaired) electrons. The van der Waals surface area contributed by atoms with E-state index in [1.807, 2.05) is 0 Å². The largest absolute Gasteiger partial charge is 0.294 e. The van der Waals surface area contributed by atoms with Crippen LogP contribution in [-0.4, -0.2) is 17.9 Å². The lowest BCUT2D eigenvalue weighted by atomic mass is 10.3. The number of nitrogens with zero attached hydrogens (tertiary/aromatic N) is 1. The first-order valence-corrected chi connectivity index (χ1v) is 4.57. The topological polar surface area (TPSA) is 97.5 Å². The second-order valence-corrected chi connectivity index (χ2v) is 3.65. The molecule has 1 rings (SSSR count). The molecule has 0 atom stereocenters. The third-order valence-corrected chi connectivity index (χ3v) is 2.21. The molecular weight excluding hydrogens is 325 g/mol. The third kappa shape index (κ3) is 3.20. The first kappa shape index (κ1) is 13.3. The number of benzene rings is 1. The summed E-state index contributed by atoms with van der Waals surface area (Å²) in [5.41, 5.74) is -0.229. The fraction of sp³-hybridized carbons (Fsp3) is 0. The highest BCUT2D eigenvalue weighted by Crippen LogP contribution is 2.14. The number of non-ortho nitro benzene ring substituents is 1. The van der Waals surface area contributed by atoms with Crippen LogP contribution in [0.1, 0.15) is 0 Å². The van der Waals surface area contributed by atoms with Crippen LogP contribution >= 0.6 is 24.0 Å². The summed E-state index contributed by atoms with van der Waals surface area (Å²) in [6.45, 7) is 0. The molecule has 0 unspecified atom stereocenters. The van der Waals surface area contributed by atoms with Crippen LogP contribution in [0, 0.1) is 10.1 Å². The average Bonchev–Trinajstić information content (AvgIpc) is 2.03. The van der Waals surface area contributed by atoms with Gasteiger partial charge >= 0.3 is 0 Å². The van der Waals surface area contributed by atoms with Gasteiger partial charge in [0.15, 0.2) is 0 Å². The van der Waals surface area contributed by atoms with E-state index in [4.69, 9.17) is 4.55 Å². The Morgan fingerprint density at radius 3 is 1.93 bits per heavy atom. The highest BCUT2D eigenvalue weighted by Gasteiger charge is 2.11. The van der Waals surface area contributed by atoms with Gasteiger partial charge in [-0.05, 0) is 12.1 Å². The predicted octanol–water partition coefficient (Wildman–Crippen LogP) is 1.46. The SMILES string of the molecule is I.O=[N+]([O-])c1ccc(S(=O)(=O)O)cc1. The Morgan fingerprint density at radius 2 is 1.64 bits per heavy atom. The lowest BCUT2D eigenvalue weighted by Crippen LogP contribution is -1.97. The van der Waals surface area contributed by atoms with Gasteiger partial charge in [0.25, 0.3) is 15.8 Å². The third-order valence-electron chi connectivity index (χ3n) is 1.35. The lowest BCUT2D eigenvalue weighted by Gasteiger charge is -1.94. The first-order chi connectivity index (χ1) is 5.91. The number of nitro benzene ring substituents is 1. The smallest absolute Gasteiger partial charge is 0.282 e. The maximum absolute atomic E-state index is 10.5. The number of halogens is 1. The summed E-state index contributed by atoms with van der Waals surface area (Å²) >= 11 is 0. The Morgan fingerprint density at radius 1 is 1.21 bits per heavy atom. The van der Waals surface area contributed by atoms with Crippen molar-refractivity contribution in [3.8, 4) is 0 Å².